The first-order valence-corrected chi connectivity index (χ1v) is 11.1. The molecule has 2 aliphatic heterocycles. The number of carbonyl (C=O) groups is 1. The van der Waals surface area contributed by atoms with Gasteiger partial charge in [0.1, 0.15) is 5.75 Å². The van der Waals surface area contributed by atoms with Gasteiger partial charge in [0.05, 0.1) is 30.9 Å². The Bertz CT molecular complexity index is 934. The molecule has 2 aliphatic rings. The Morgan fingerprint density at radius 1 is 1.17 bits per heavy atom. The van der Waals surface area contributed by atoms with Crippen molar-refractivity contribution in [2.24, 2.45) is 0 Å². The van der Waals surface area contributed by atoms with E-state index in [-0.39, 0.29) is 11.9 Å². The molecule has 1 amide bonds. The van der Waals surface area contributed by atoms with Gasteiger partial charge in [0.15, 0.2) is 11.5 Å². The molecule has 2 aromatic carbocycles. The molecule has 0 saturated carbocycles. The van der Waals surface area contributed by atoms with E-state index in [0.29, 0.717) is 55.0 Å². The molecule has 2 aromatic rings. The monoisotopic (exact) mass is 449 g/mol. The van der Waals surface area contributed by atoms with Crippen LogP contribution in [-0.2, 0) is 11.2 Å². The van der Waals surface area contributed by atoms with Gasteiger partial charge in [-0.15, -0.1) is 0 Å². The second-order valence-corrected chi connectivity index (χ2v) is 8.43. The molecule has 0 aliphatic carbocycles. The quantitative estimate of drug-likeness (QED) is 0.568. The van der Waals surface area contributed by atoms with Crippen LogP contribution in [0.25, 0.3) is 0 Å². The highest BCUT2D eigenvalue weighted by Crippen LogP contribution is 2.39. The summed E-state index contributed by atoms with van der Waals surface area (Å²) < 4.78 is 17.3. The SMILES string of the molecule is CC1c2cc3c(cc2CCN1C(=O)CCCOc1ccc(Cl)cc1Cl)OCCCO3. The summed E-state index contributed by atoms with van der Waals surface area (Å²) in [5, 5.41) is 1.04. The van der Waals surface area contributed by atoms with Gasteiger partial charge in [0, 0.05) is 24.4 Å². The lowest BCUT2D eigenvalue weighted by Crippen LogP contribution is -2.38. The number of benzene rings is 2. The lowest BCUT2D eigenvalue weighted by molar-refractivity contribution is -0.134. The molecule has 0 radical (unpaired) electrons. The average Bonchev–Trinajstić information content (AvgIpc) is 2.96. The molecule has 5 nitrogen and oxygen atoms in total. The molecule has 0 aromatic heterocycles. The Morgan fingerprint density at radius 3 is 2.70 bits per heavy atom. The standard InChI is InChI=1S/C23H25Cl2NO4/c1-15-18-14-22-21(29-10-3-11-30-22)12-16(18)7-8-26(15)23(27)4-2-9-28-20-6-5-17(24)13-19(20)25/h5-6,12-15H,2-4,7-11H2,1H3. The van der Waals surface area contributed by atoms with Crippen molar-refractivity contribution in [3.8, 4) is 17.2 Å². The summed E-state index contributed by atoms with van der Waals surface area (Å²) in [6, 6.07) is 9.25. The molecule has 0 saturated heterocycles. The number of rotatable bonds is 5. The zero-order valence-corrected chi connectivity index (χ0v) is 18.5. The summed E-state index contributed by atoms with van der Waals surface area (Å²) in [7, 11) is 0. The number of carbonyl (C=O) groups excluding carboxylic acids is 1. The maximum atomic E-state index is 12.9. The third-order valence-corrected chi connectivity index (χ3v) is 6.09. The van der Waals surface area contributed by atoms with Gasteiger partial charge in [-0.05, 0) is 61.2 Å². The van der Waals surface area contributed by atoms with E-state index in [1.807, 2.05) is 11.0 Å². The highest BCUT2D eigenvalue weighted by Gasteiger charge is 2.29. The second kappa shape index (κ2) is 9.36. The van der Waals surface area contributed by atoms with Crippen molar-refractivity contribution in [2.45, 2.75) is 38.6 Å². The Balaban J connectivity index is 1.34. The maximum absolute atomic E-state index is 12.9. The fourth-order valence-corrected chi connectivity index (χ4v) is 4.42. The Hall–Kier alpha value is -2.11. The lowest BCUT2D eigenvalue weighted by Gasteiger charge is -2.36. The van der Waals surface area contributed by atoms with Crippen LogP contribution in [0, 0.1) is 0 Å². The molecule has 30 heavy (non-hydrogen) atoms. The van der Waals surface area contributed by atoms with E-state index in [0.717, 1.165) is 29.9 Å². The van der Waals surface area contributed by atoms with Crippen LogP contribution in [0.2, 0.25) is 10.0 Å². The number of amides is 1. The number of halogens is 2. The smallest absolute Gasteiger partial charge is 0.223 e. The molecule has 4 rings (SSSR count). The van der Waals surface area contributed by atoms with E-state index < -0.39 is 0 Å². The van der Waals surface area contributed by atoms with E-state index in [2.05, 4.69) is 13.0 Å². The van der Waals surface area contributed by atoms with Crippen LogP contribution in [0.4, 0.5) is 0 Å². The van der Waals surface area contributed by atoms with Gasteiger partial charge in [0.2, 0.25) is 5.91 Å². The zero-order chi connectivity index (χ0) is 21.1. The minimum Gasteiger partial charge on any atom is -0.492 e. The van der Waals surface area contributed by atoms with Crippen LogP contribution in [0.5, 0.6) is 17.2 Å². The summed E-state index contributed by atoms with van der Waals surface area (Å²) in [4.78, 5) is 14.8. The third kappa shape index (κ3) is 4.62. The average molecular weight is 450 g/mol. The first-order valence-electron chi connectivity index (χ1n) is 10.3. The molecule has 0 bridgehead atoms. The van der Waals surface area contributed by atoms with Crippen molar-refractivity contribution in [2.75, 3.05) is 26.4 Å². The Labute approximate surface area is 186 Å². The van der Waals surface area contributed by atoms with Crippen molar-refractivity contribution in [3.05, 3.63) is 51.5 Å². The molecule has 7 heteroatoms. The van der Waals surface area contributed by atoms with Crippen molar-refractivity contribution in [3.63, 3.8) is 0 Å². The molecule has 0 fully saturated rings. The van der Waals surface area contributed by atoms with E-state index in [4.69, 9.17) is 37.4 Å². The fourth-order valence-electron chi connectivity index (χ4n) is 3.96. The van der Waals surface area contributed by atoms with Crippen LogP contribution in [0.1, 0.15) is 43.4 Å². The van der Waals surface area contributed by atoms with E-state index in [1.165, 1.54) is 5.56 Å². The van der Waals surface area contributed by atoms with E-state index in [1.54, 1.807) is 18.2 Å². The predicted molar refractivity (Wildman–Crippen MR) is 117 cm³/mol. The highest BCUT2D eigenvalue weighted by molar-refractivity contribution is 6.35. The van der Waals surface area contributed by atoms with Crippen LogP contribution >= 0.6 is 23.2 Å². The van der Waals surface area contributed by atoms with E-state index in [9.17, 15) is 4.79 Å². The van der Waals surface area contributed by atoms with Crippen LogP contribution in [0.15, 0.2) is 30.3 Å². The van der Waals surface area contributed by atoms with Crippen LogP contribution in [-0.4, -0.2) is 37.2 Å². The number of hydrogen-bond acceptors (Lipinski definition) is 4. The van der Waals surface area contributed by atoms with Gasteiger partial charge in [0.25, 0.3) is 0 Å². The minimum absolute atomic E-state index is 0.00466. The molecule has 160 valence electrons. The molecular weight excluding hydrogens is 425 g/mol. The van der Waals surface area contributed by atoms with Gasteiger partial charge in [-0.2, -0.15) is 0 Å². The summed E-state index contributed by atoms with van der Waals surface area (Å²) in [6.07, 6.45) is 2.74. The van der Waals surface area contributed by atoms with Crippen molar-refractivity contribution in [1.82, 2.24) is 4.90 Å². The summed E-state index contributed by atoms with van der Waals surface area (Å²) in [5.74, 6) is 2.31. The molecular formula is C23H25Cl2NO4. The highest BCUT2D eigenvalue weighted by atomic mass is 35.5. The van der Waals surface area contributed by atoms with Crippen LogP contribution in [0.3, 0.4) is 0 Å². The predicted octanol–water partition coefficient (Wildman–Crippen LogP) is 5.46. The summed E-state index contributed by atoms with van der Waals surface area (Å²) >= 11 is 12.0. The molecule has 1 atom stereocenters. The first kappa shape index (κ1) is 21.1. The molecule has 2 heterocycles. The number of nitrogens with zero attached hydrogens (tertiary/aromatic N) is 1. The topological polar surface area (TPSA) is 48.0 Å². The summed E-state index contributed by atoms with van der Waals surface area (Å²) in [5.41, 5.74) is 2.37. The van der Waals surface area contributed by atoms with Crippen molar-refractivity contribution < 1.29 is 19.0 Å². The number of hydrogen-bond donors (Lipinski definition) is 0. The normalized spacial score (nSPS) is 17.8. The molecule has 1 unspecified atom stereocenters. The van der Waals surface area contributed by atoms with Crippen molar-refractivity contribution >= 4 is 29.1 Å². The van der Waals surface area contributed by atoms with Crippen LogP contribution < -0.4 is 14.2 Å². The maximum Gasteiger partial charge on any atom is 0.223 e. The molecule has 0 spiro atoms. The van der Waals surface area contributed by atoms with Crippen molar-refractivity contribution in [1.29, 1.82) is 0 Å². The van der Waals surface area contributed by atoms with Gasteiger partial charge in [-0.1, -0.05) is 23.2 Å². The van der Waals surface area contributed by atoms with E-state index >= 15 is 0 Å². The minimum atomic E-state index is 0.00466. The first-order chi connectivity index (χ1) is 14.5. The lowest BCUT2D eigenvalue weighted by atomic mass is 9.92. The van der Waals surface area contributed by atoms with Gasteiger partial charge < -0.3 is 19.1 Å². The fraction of sp³-hybridized carbons (Fsp3) is 0.435. The third-order valence-electron chi connectivity index (χ3n) is 5.56. The number of fused-ring (bicyclic) bond motifs is 2. The Kier molecular flexibility index (Phi) is 6.59. The second-order valence-electron chi connectivity index (χ2n) is 7.59. The summed E-state index contributed by atoms with van der Waals surface area (Å²) in [6.45, 7) is 4.53. The van der Waals surface area contributed by atoms with Gasteiger partial charge in [-0.3, -0.25) is 4.79 Å². The largest absolute Gasteiger partial charge is 0.492 e. The van der Waals surface area contributed by atoms with Gasteiger partial charge in [-0.25, -0.2) is 0 Å². The van der Waals surface area contributed by atoms with Gasteiger partial charge >= 0.3 is 0 Å². The zero-order valence-electron chi connectivity index (χ0n) is 17.0. The molecule has 0 N–H and O–H groups in total. The Morgan fingerprint density at radius 2 is 1.93 bits per heavy atom. The number of ether oxygens (including phenoxy) is 3.